The van der Waals surface area contributed by atoms with E-state index in [4.69, 9.17) is 4.74 Å². The van der Waals surface area contributed by atoms with Crippen molar-refractivity contribution in [2.24, 2.45) is 0 Å². The van der Waals surface area contributed by atoms with Gasteiger partial charge in [0.1, 0.15) is 0 Å². The Balaban J connectivity index is 2.05. The number of halogens is 2. The van der Waals surface area contributed by atoms with Crippen LogP contribution < -0.4 is 14.8 Å². The van der Waals surface area contributed by atoms with E-state index in [9.17, 15) is 8.78 Å². The first-order chi connectivity index (χ1) is 9.70. The highest BCUT2D eigenvalue weighted by Crippen LogP contribution is 2.32. The first-order valence-electron chi connectivity index (χ1n) is 6.03. The number of nitrogens with one attached hydrogen (secondary N) is 1. The quantitative estimate of drug-likeness (QED) is 0.846. The summed E-state index contributed by atoms with van der Waals surface area (Å²) in [5, 5.41) is 7.23. The maximum Gasteiger partial charge on any atom is 0.387 e. The molecule has 2 aromatic rings. The molecule has 6 heteroatoms. The summed E-state index contributed by atoms with van der Waals surface area (Å²) in [6.07, 6.45) is 0. The number of alkyl halides is 2. The molecule has 1 N–H and O–H groups in total. The van der Waals surface area contributed by atoms with Gasteiger partial charge in [0.2, 0.25) is 0 Å². The topological polar surface area (TPSA) is 30.5 Å². The number of ether oxygens (including phenoxy) is 2. The Hall–Kier alpha value is -1.66. The van der Waals surface area contributed by atoms with Crippen molar-refractivity contribution in [3.8, 4) is 11.5 Å². The average Bonchev–Trinajstić information content (AvgIpc) is 2.93. The SMILES string of the molecule is COc1cccc(CNCc2ccsc2)c1OC(F)F. The highest BCUT2D eigenvalue weighted by atomic mass is 32.1. The fourth-order valence-electron chi connectivity index (χ4n) is 1.82. The lowest BCUT2D eigenvalue weighted by molar-refractivity contribution is -0.0518. The van der Waals surface area contributed by atoms with Gasteiger partial charge in [0.25, 0.3) is 0 Å². The molecular formula is C14H15F2NO2S. The second kappa shape index (κ2) is 7.21. The van der Waals surface area contributed by atoms with E-state index in [2.05, 4.69) is 10.1 Å². The van der Waals surface area contributed by atoms with E-state index < -0.39 is 6.61 Å². The van der Waals surface area contributed by atoms with Crippen molar-refractivity contribution < 1.29 is 18.3 Å². The third-order valence-corrected chi connectivity index (χ3v) is 3.44. The number of benzene rings is 1. The molecule has 0 aliphatic carbocycles. The maximum absolute atomic E-state index is 12.5. The normalized spacial score (nSPS) is 10.8. The van der Waals surface area contributed by atoms with E-state index in [1.54, 1.807) is 29.5 Å². The van der Waals surface area contributed by atoms with Crippen molar-refractivity contribution >= 4 is 11.3 Å². The highest BCUT2D eigenvalue weighted by Gasteiger charge is 2.14. The summed E-state index contributed by atoms with van der Waals surface area (Å²) in [4.78, 5) is 0. The van der Waals surface area contributed by atoms with Gasteiger partial charge in [-0.05, 0) is 28.5 Å². The zero-order valence-corrected chi connectivity index (χ0v) is 11.8. The number of para-hydroxylation sites is 1. The molecule has 0 aliphatic heterocycles. The van der Waals surface area contributed by atoms with Crippen molar-refractivity contribution in [2.75, 3.05) is 7.11 Å². The summed E-state index contributed by atoms with van der Waals surface area (Å²) >= 11 is 1.62. The molecule has 0 saturated carbocycles. The van der Waals surface area contributed by atoms with Crippen molar-refractivity contribution in [1.82, 2.24) is 5.32 Å². The van der Waals surface area contributed by atoms with E-state index in [1.165, 1.54) is 7.11 Å². The largest absolute Gasteiger partial charge is 0.493 e. The first-order valence-corrected chi connectivity index (χ1v) is 6.97. The number of hydrogen-bond acceptors (Lipinski definition) is 4. The minimum atomic E-state index is -2.87. The van der Waals surface area contributed by atoms with Crippen LogP contribution in [-0.2, 0) is 13.1 Å². The van der Waals surface area contributed by atoms with Gasteiger partial charge in [0.15, 0.2) is 11.5 Å². The van der Waals surface area contributed by atoms with E-state index in [1.807, 2.05) is 16.8 Å². The molecule has 0 amide bonds. The van der Waals surface area contributed by atoms with Crippen LogP contribution in [-0.4, -0.2) is 13.7 Å². The zero-order valence-electron chi connectivity index (χ0n) is 10.9. The van der Waals surface area contributed by atoms with Crippen LogP contribution in [0.1, 0.15) is 11.1 Å². The van der Waals surface area contributed by atoms with Crippen LogP contribution in [0.25, 0.3) is 0 Å². The minimum Gasteiger partial charge on any atom is -0.493 e. The third-order valence-electron chi connectivity index (χ3n) is 2.71. The van der Waals surface area contributed by atoms with E-state index >= 15 is 0 Å². The molecule has 108 valence electrons. The van der Waals surface area contributed by atoms with Crippen LogP contribution in [0.5, 0.6) is 11.5 Å². The van der Waals surface area contributed by atoms with Crippen LogP contribution in [0.4, 0.5) is 8.78 Å². The summed E-state index contributed by atoms with van der Waals surface area (Å²) in [6, 6.07) is 7.10. The molecular weight excluding hydrogens is 284 g/mol. The molecule has 20 heavy (non-hydrogen) atoms. The van der Waals surface area contributed by atoms with Gasteiger partial charge in [-0.2, -0.15) is 20.1 Å². The third kappa shape index (κ3) is 3.91. The number of methoxy groups -OCH3 is 1. The fourth-order valence-corrected chi connectivity index (χ4v) is 2.49. The fraction of sp³-hybridized carbons (Fsp3) is 0.286. The molecule has 1 aromatic heterocycles. The Kier molecular flexibility index (Phi) is 5.31. The smallest absolute Gasteiger partial charge is 0.387 e. The Bertz CT molecular complexity index is 532. The predicted molar refractivity (Wildman–Crippen MR) is 74.5 cm³/mol. The second-order valence-electron chi connectivity index (χ2n) is 4.06. The number of hydrogen-bond donors (Lipinski definition) is 1. The summed E-state index contributed by atoms with van der Waals surface area (Å²) in [6.45, 7) is -1.77. The van der Waals surface area contributed by atoms with Gasteiger partial charge >= 0.3 is 6.61 Å². The Labute approximate surface area is 120 Å². The van der Waals surface area contributed by atoms with Crippen LogP contribution in [0.3, 0.4) is 0 Å². The molecule has 0 spiro atoms. The van der Waals surface area contributed by atoms with Gasteiger partial charge in [0, 0.05) is 18.7 Å². The molecule has 0 bridgehead atoms. The molecule has 1 heterocycles. The van der Waals surface area contributed by atoms with Crippen molar-refractivity contribution in [1.29, 1.82) is 0 Å². The summed E-state index contributed by atoms with van der Waals surface area (Å²) in [5.74, 6) is 0.392. The summed E-state index contributed by atoms with van der Waals surface area (Å²) < 4.78 is 34.5. The molecule has 0 aliphatic rings. The van der Waals surface area contributed by atoms with Gasteiger partial charge in [-0.25, -0.2) is 0 Å². The minimum absolute atomic E-state index is 0.0859. The van der Waals surface area contributed by atoms with Crippen molar-refractivity contribution in [3.05, 3.63) is 46.2 Å². The summed E-state index contributed by atoms with van der Waals surface area (Å²) in [5.41, 5.74) is 1.80. The molecule has 0 radical (unpaired) electrons. The first kappa shape index (κ1) is 14.7. The zero-order chi connectivity index (χ0) is 14.4. The van der Waals surface area contributed by atoms with Crippen molar-refractivity contribution in [2.45, 2.75) is 19.7 Å². The lowest BCUT2D eigenvalue weighted by Gasteiger charge is -2.14. The molecule has 3 nitrogen and oxygen atoms in total. The number of thiophene rings is 1. The van der Waals surface area contributed by atoms with Gasteiger partial charge < -0.3 is 14.8 Å². The molecule has 2 rings (SSSR count). The van der Waals surface area contributed by atoms with E-state index in [0.717, 1.165) is 5.56 Å². The summed E-state index contributed by atoms with van der Waals surface area (Å²) in [7, 11) is 1.43. The van der Waals surface area contributed by atoms with Gasteiger partial charge in [-0.1, -0.05) is 12.1 Å². The van der Waals surface area contributed by atoms with E-state index in [0.29, 0.717) is 24.4 Å². The Morgan fingerprint density at radius 2 is 2.10 bits per heavy atom. The monoisotopic (exact) mass is 299 g/mol. The number of rotatable bonds is 7. The van der Waals surface area contributed by atoms with Crippen LogP contribution in [0.15, 0.2) is 35.0 Å². The lowest BCUT2D eigenvalue weighted by Crippen LogP contribution is -2.14. The molecule has 0 fully saturated rings. The molecule has 0 unspecified atom stereocenters. The molecule has 0 saturated heterocycles. The molecule has 0 atom stereocenters. The Morgan fingerprint density at radius 3 is 2.75 bits per heavy atom. The van der Waals surface area contributed by atoms with Gasteiger partial charge in [0.05, 0.1) is 7.11 Å². The predicted octanol–water partition coefficient (Wildman–Crippen LogP) is 3.65. The maximum atomic E-state index is 12.5. The van der Waals surface area contributed by atoms with Gasteiger partial charge in [-0.3, -0.25) is 0 Å². The highest BCUT2D eigenvalue weighted by molar-refractivity contribution is 7.07. The van der Waals surface area contributed by atoms with Crippen LogP contribution in [0.2, 0.25) is 0 Å². The van der Waals surface area contributed by atoms with Crippen molar-refractivity contribution in [3.63, 3.8) is 0 Å². The molecule has 1 aromatic carbocycles. The van der Waals surface area contributed by atoms with Crippen LogP contribution >= 0.6 is 11.3 Å². The lowest BCUT2D eigenvalue weighted by atomic mass is 10.2. The standard InChI is InChI=1S/C14H15F2NO2S/c1-18-12-4-2-3-11(13(12)19-14(15)16)8-17-7-10-5-6-20-9-10/h2-6,9,14,17H,7-8H2,1H3. The average molecular weight is 299 g/mol. The van der Waals surface area contributed by atoms with Crippen LogP contribution in [0, 0.1) is 0 Å². The van der Waals surface area contributed by atoms with E-state index in [-0.39, 0.29) is 5.75 Å². The second-order valence-corrected chi connectivity index (χ2v) is 4.84. The van der Waals surface area contributed by atoms with Gasteiger partial charge in [-0.15, -0.1) is 0 Å². The Morgan fingerprint density at radius 1 is 1.25 bits per heavy atom.